The molecule has 0 saturated heterocycles. The van der Waals surface area contributed by atoms with Gasteiger partial charge in [-0.1, -0.05) is 6.07 Å². The van der Waals surface area contributed by atoms with E-state index in [9.17, 15) is 0 Å². The Balaban J connectivity index is 1.88. The standard InChI is InChI=1S/C16H22N4OS/c1-4-21-15-13(6-5-9-18-15)10-19-16(17-3)20-11-14-8-7-12(2)22-14/h5-9H,4,10-11H2,1-3H3,(H2,17,19,20). The second-order valence-electron chi connectivity index (χ2n) is 4.69. The van der Waals surface area contributed by atoms with E-state index in [1.54, 1.807) is 24.6 Å². The predicted molar refractivity (Wildman–Crippen MR) is 91.5 cm³/mol. The molecule has 6 heteroatoms. The highest BCUT2D eigenvalue weighted by Gasteiger charge is 2.05. The smallest absolute Gasteiger partial charge is 0.218 e. The highest BCUT2D eigenvalue weighted by molar-refractivity contribution is 7.11. The first-order valence-corrected chi connectivity index (χ1v) is 8.11. The molecule has 2 N–H and O–H groups in total. The molecule has 2 heterocycles. The van der Waals surface area contributed by atoms with E-state index in [0.29, 0.717) is 19.0 Å². The minimum atomic E-state index is 0.606. The van der Waals surface area contributed by atoms with Crippen LogP contribution in [0.2, 0.25) is 0 Å². The Morgan fingerprint density at radius 3 is 2.77 bits per heavy atom. The zero-order chi connectivity index (χ0) is 15.8. The number of guanidine groups is 1. The molecule has 2 aromatic rings. The molecule has 0 aliphatic carbocycles. The lowest BCUT2D eigenvalue weighted by molar-refractivity contribution is 0.322. The van der Waals surface area contributed by atoms with Gasteiger partial charge in [0.2, 0.25) is 5.88 Å². The fourth-order valence-corrected chi connectivity index (χ4v) is 2.81. The van der Waals surface area contributed by atoms with Gasteiger partial charge in [0.1, 0.15) is 0 Å². The minimum absolute atomic E-state index is 0.606. The largest absolute Gasteiger partial charge is 0.478 e. The summed E-state index contributed by atoms with van der Waals surface area (Å²) >= 11 is 1.79. The fraction of sp³-hybridized carbons (Fsp3) is 0.375. The molecule has 2 rings (SSSR count). The third-order valence-electron chi connectivity index (χ3n) is 3.03. The van der Waals surface area contributed by atoms with Crippen LogP contribution >= 0.6 is 11.3 Å². The van der Waals surface area contributed by atoms with E-state index in [-0.39, 0.29) is 0 Å². The van der Waals surface area contributed by atoms with Crippen LogP contribution in [0.4, 0.5) is 0 Å². The van der Waals surface area contributed by atoms with E-state index >= 15 is 0 Å². The second kappa shape index (κ2) is 8.38. The first kappa shape index (κ1) is 16.3. The lowest BCUT2D eigenvalue weighted by Gasteiger charge is -2.13. The van der Waals surface area contributed by atoms with Gasteiger partial charge in [-0.15, -0.1) is 11.3 Å². The molecule has 0 aliphatic rings. The summed E-state index contributed by atoms with van der Waals surface area (Å²) < 4.78 is 5.53. The van der Waals surface area contributed by atoms with Crippen molar-refractivity contribution in [3.63, 3.8) is 0 Å². The number of aryl methyl sites for hydroxylation is 1. The van der Waals surface area contributed by atoms with Gasteiger partial charge in [0.25, 0.3) is 0 Å². The van der Waals surface area contributed by atoms with Gasteiger partial charge < -0.3 is 15.4 Å². The van der Waals surface area contributed by atoms with Crippen molar-refractivity contribution in [2.75, 3.05) is 13.7 Å². The van der Waals surface area contributed by atoms with Gasteiger partial charge in [0, 0.05) is 35.1 Å². The van der Waals surface area contributed by atoms with Crippen LogP contribution in [-0.2, 0) is 13.1 Å². The third-order valence-corrected chi connectivity index (χ3v) is 4.03. The Kier molecular flexibility index (Phi) is 6.21. The summed E-state index contributed by atoms with van der Waals surface area (Å²) in [5.41, 5.74) is 1.01. The van der Waals surface area contributed by atoms with Crippen LogP contribution in [0.15, 0.2) is 35.5 Å². The van der Waals surface area contributed by atoms with Crippen LogP contribution in [0.1, 0.15) is 22.2 Å². The first-order valence-electron chi connectivity index (χ1n) is 7.29. The molecular formula is C16H22N4OS. The molecule has 0 unspecified atom stereocenters. The summed E-state index contributed by atoms with van der Waals surface area (Å²) in [6.45, 7) is 6.05. The molecular weight excluding hydrogens is 296 g/mol. The molecule has 0 amide bonds. The molecule has 0 spiro atoms. The van der Waals surface area contributed by atoms with Crippen molar-refractivity contribution in [3.8, 4) is 5.88 Å². The average Bonchev–Trinajstić information content (AvgIpc) is 2.95. The summed E-state index contributed by atoms with van der Waals surface area (Å²) in [7, 11) is 1.77. The number of nitrogens with zero attached hydrogens (tertiary/aromatic N) is 2. The van der Waals surface area contributed by atoms with Gasteiger partial charge in [-0.05, 0) is 32.0 Å². The van der Waals surface area contributed by atoms with Crippen molar-refractivity contribution in [2.24, 2.45) is 4.99 Å². The molecule has 0 aliphatic heterocycles. The Morgan fingerprint density at radius 2 is 2.09 bits per heavy atom. The van der Waals surface area contributed by atoms with Crippen molar-refractivity contribution >= 4 is 17.3 Å². The molecule has 2 aromatic heterocycles. The number of hydrogen-bond acceptors (Lipinski definition) is 4. The topological polar surface area (TPSA) is 58.5 Å². The van der Waals surface area contributed by atoms with Gasteiger partial charge in [0.05, 0.1) is 13.2 Å². The summed E-state index contributed by atoms with van der Waals surface area (Å²) in [5.74, 6) is 1.43. The normalized spacial score (nSPS) is 11.3. The molecule has 0 bridgehead atoms. The first-order chi connectivity index (χ1) is 10.7. The number of aliphatic imine (C=N–C) groups is 1. The molecule has 118 valence electrons. The number of hydrogen-bond donors (Lipinski definition) is 2. The maximum absolute atomic E-state index is 5.53. The van der Waals surface area contributed by atoms with Gasteiger partial charge in [-0.2, -0.15) is 0 Å². The van der Waals surface area contributed by atoms with E-state index in [1.165, 1.54) is 9.75 Å². The van der Waals surface area contributed by atoms with Crippen LogP contribution in [0.3, 0.4) is 0 Å². The molecule has 5 nitrogen and oxygen atoms in total. The number of rotatable bonds is 6. The van der Waals surface area contributed by atoms with Gasteiger partial charge in [-0.3, -0.25) is 4.99 Å². The van der Waals surface area contributed by atoms with Gasteiger partial charge in [-0.25, -0.2) is 4.98 Å². The minimum Gasteiger partial charge on any atom is -0.478 e. The third kappa shape index (κ3) is 4.73. The molecule has 0 saturated carbocycles. The van der Waals surface area contributed by atoms with Crippen molar-refractivity contribution < 1.29 is 4.74 Å². The second-order valence-corrected chi connectivity index (χ2v) is 6.06. The Labute approximate surface area is 135 Å². The maximum Gasteiger partial charge on any atom is 0.218 e. The van der Waals surface area contributed by atoms with Gasteiger partial charge >= 0.3 is 0 Å². The average molecular weight is 318 g/mol. The Bertz CT molecular complexity index is 624. The van der Waals surface area contributed by atoms with Crippen LogP contribution < -0.4 is 15.4 Å². The molecule has 0 aromatic carbocycles. The molecule has 0 radical (unpaired) electrons. The summed E-state index contributed by atoms with van der Waals surface area (Å²) in [5, 5.41) is 6.59. The van der Waals surface area contributed by atoms with E-state index < -0.39 is 0 Å². The van der Waals surface area contributed by atoms with E-state index in [4.69, 9.17) is 4.74 Å². The number of ether oxygens (including phenoxy) is 1. The Morgan fingerprint density at radius 1 is 1.27 bits per heavy atom. The predicted octanol–water partition coefficient (Wildman–Crippen LogP) is 2.72. The zero-order valence-electron chi connectivity index (χ0n) is 13.2. The summed E-state index contributed by atoms with van der Waals surface area (Å²) in [6, 6.07) is 8.17. The van der Waals surface area contributed by atoms with Crippen LogP contribution in [0, 0.1) is 6.92 Å². The summed E-state index contributed by atoms with van der Waals surface area (Å²) in [6.07, 6.45) is 1.74. The molecule has 0 atom stereocenters. The van der Waals surface area contributed by atoms with E-state index in [1.807, 2.05) is 19.1 Å². The molecule has 22 heavy (non-hydrogen) atoms. The lowest BCUT2D eigenvalue weighted by atomic mass is 10.2. The highest BCUT2D eigenvalue weighted by atomic mass is 32.1. The zero-order valence-corrected chi connectivity index (χ0v) is 14.0. The van der Waals surface area contributed by atoms with E-state index in [0.717, 1.165) is 18.1 Å². The van der Waals surface area contributed by atoms with Crippen molar-refractivity contribution in [2.45, 2.75) is 26.9 Å². The summed E-state index contributed by atoms with van der Waals surface area (Å²) in [4.78, 5) is 11.1. The number of thiophene rings is 1. The highest BCUT2D eigenvalue weighted by Crippen LogP contribution is 2.15. The monoisotopic (exact) mass is 318 g/mol. The van der Waals surface area contributed by atoms with Crippen molar-refractivity contribution in [1.82, 2.24) is 15.6 Å². The lowest BCUT2D eigenvalue weighted by Crippen LogP contribution is -2.36. The van der Waals surface area contributed by atoms with Crippen molar-refractivity contribution in [3.05, 3.63) is 45.8 Å². The van der Waals surface area contributed by atoms with E-state index in [2.05, 4.69) is 39.7 Å². The quantitative estimate of drug-likeness (QED) is 0.635. The number of pyridine rings is 1. The molecule has 0 fully saturated rings. The van der Waals surface area contributed by atoms with Gasteiger partial charge in [0.15, 0.2) is 5.96 Å². The maximum atomic E-state index is 5.53. The number of aromatic nitrogens is 1. The Hall–Kier alpha value is -2.08. The number of nitrogens with one attached hydrogen (secondary N) is 2. The van der Waals surface area contributed by atoms with Crippen LogP contribution in [0.5, 0.6) is 5.88 Å². The van der Waals surface area contributed by atoms with Crippen LogP contribution in [0.25, 0.3) is 0 Å². The van der Waals surface area contributed by atoms with Crippen LogP contribution in [-0.4, -0.2) is 24.6 Å². The SMILES string of the molecule is CCOc1ncccc1CNC(=NC)NCc1ccc(C)s1. The fourth-order valence-electron chi connectivity index (χ4n) is 1.98. The van der Waals surface area contributed by atoms with Crippen molar-refractivity contribution in [1.29, 1.82) is 0 Å².